The first-order valence-corrected chi connectivity index (χ1v) is 12.8. The molecule has 1 aliphatic heterocycles. The summed E-state index contributed by atoms with van der Waals surface area (Å²) in [7, 11) is 1.73. The monoisotopic (exact) mass is 526 g/mol. The molecule has 200 valence electrons. The molecule has 3 aliphatic rings. The molecule has 3 N–H and O–H groups in total. The van der Waals surface area contributed by atoms with Gasteiger partial charge < -0.3 is 25.4 Å². The zero-order valence-corrected chi connectivity index (χ0v) is 20.8. The molecular formula is C25H28F2N8O3. The molecule has 2 aliphatic carbocycles. The molecular weight excluding hydrogens is 498 g/mol. The number of amides is 2. The summed E-state index contributed by atoms with van der Waals surface area (Å²) in [4.78, 5) is 44.2. The average Bonchev–Trinajstić information content (AvgIpc) is 3.79. The van der Waals surface area contributed by atoms with Gasteiger partial charge in [0.25, 0.3) is 17.4 Å². The number of anilines is 3. The highest BCUT2D eigenvalue weighted by Crippen LogP contribution is 2.49. The molecule has 3 fully saturated rings. The summed E-state index contributed by atoms with van der Waals surface area (Å²) in [6.45, 7) is 0.659. The molecule has 11 nitrogen and oxygen atoms in total. The van der Waals surface area contributed by atoms with Gasteiger partial charge in [-0.05, 0) is 37.8 Å². The molecule has 0 aromatic carbocycles. The fourth-order valence-corrected chi connectivity index (χ4v) is 4.95. The summed E-state index contributed by atoms with van der Waals surface area (Å²) < 4.78 is 29.7. The van der Waals surface area contributed by atoms with Gasteiger partial charge in [-0.1, -0.05) is 0 Å². The van der Waals surface area contributed by atoms with Crippen LogP contribution >= 0.6 is 0 Å². The fourth-order valence-electron chi connectivity index (χ4n) is 4.95. The second kappa shape index (κ2) is 9.07. The second-order valence-corrected chi connectivity index (χ2v) is 10.2. The number of carbonyl (C=O) groups excluding carboxylic acids is 2. The maximum Gasteiger partial charge on any atom is 0.274 e. The second-order valence-electron chi connectivity index (χ2n) is 10.2. The number of rotatable bonds is 7. The van der Waals surface area contributed by atoms with Crippen LogP contribution in [-0.4, -0.2) is 68.0 Å². The number of fused-ring (bicyclic) bond motifs is 1. The van der Waals surface area contributed by atoms with E-state index in [1.807, 2.05) is 0 Å². The van der Waals surface area contributed by atoms with Crippen LogP contribution in [-0.2, 0) is 4.79 Å². The van der Waals surface area contributed by atoms with E-state index < -0.39 is 17.7 Å². The van der Waals surface area contributed by atoms with Crippen molar-refractivity contribution in [1.82, 2.24) is 29.4 Å². The van der Waals surface area contributed by atoms with Crippen LogP contribution in [0.2, 0.25) is 0 Å². The Labute approximate surface area is 216 Å². The van der Waals surface area contributed by atoms with Crippen LogP contribution in [0.15, 0.2) is 35.4 Å². The van der Waals surface area contributed by atoms with Crippen molar-refractivity contribution in [2.45, 2.75) is 50.1 Å². The molecule has 0 radical (unpaired) electrons. The molecule has 0 spiro atoms. The first-order valence-electron chi connectivity index (χ1n) is 12.8. The molecule has 3 aromatic heterocycles. The van der Waals surface area contributed by atoms with E-state index in [1.54, 1.807) is 36.0 Å². The maximum absolute atomic E-state index is 13.4. The van der Waals surface area contributed by atoms with Crippen LogP contribution in [0.4, 0.5) is 26.0 Å². The maximum atomic E-state index is 13.4. The summed E-state index contributed by atoms with van der Waals surface area (Å²) in [5.74, 6) is -4.49. The van der Waals surface area contributed by atoms with E-state index in [0.717, 1.165) is 12.8 Å². The van der Waals surface area contributed by atoms with Gasteiger partial charge in [0, 0.05) is 50.9 Å². The van der Waals surface area contributed by atoms with Crippen LogP contribution < -0.4 is 21.5 Å². The van der Waals surface area contributed by atoms with Crippen molar-refractivity contribution in [2.75, 3.05) is 30.8 Å². The van der Waals surface area contributed by atoms with Crippen molar-refractivity contribution in [2.24, 2.45) is 5.92 Å². The number of nitrogens with zero attached hydrogens (tertiary/aromatic N) is 5. The Hall–Kier alpha value is -4.03. The summed E-state index contributed by atoms with van der Waals surface area (Å²) in [5, 5.41) is 13.6. The molecule has 4 heterocycles. The predicted octanol–water partition coefficient (Wildman–Crippen LogP) is 2.39. The first kappa shape index (κ1) is 24.3. The Kier molecular flexibility index (Phi) is 5.80. The van der Waals surface area contributed by atoms with Gasteiger partial charge in [0.15, 0.2) is 17.2 Å². The number of hydrogen-bond acceptors (Lipinski definition) is 7. The lowest BCUT2D eigenvalue weighted by Crippen LogP contribution is -2.42. The van der Waals surface area contributed by atoms with Crippen molar-refractivity contribution in [1.29, 1.82) is 0 Å². The lowest BCUT2D eigenvalue weighted by molar-refractivity contribution is -0.136. The van der Waals surface area contributed by atoms with Gasteiger partial charge in [0.05, 0.1) is 11.9 Å². The fraction of sp³-hybridized carbons (Fsp3) is 0.480. The minimum atomic E-state index is -2.88. The van der Waals surface area contributed by atoms with Crippen molar-refractivity contribution in [3.63, 3.8) is 0 Å². The number of nitrogens with one attached hydrogen (secondary N) is 3. The van der Waals surface area contributed by atoms with Crippen molar-refractivity contribution in [3.05, 3.63) is 46.6 Å². The van der Waals surface area contributed by atoms with Crippen LogP contribution in [0, 0.1) is 5.92 Å². The molecule has 38 heavy (non-hydrogen) atoms. The molecule has 0 bridgehead atoms. The number of aromatic nitrogens is 4. The smallest absolute Gasteiger partial charge is 0.274 e. The molecule has 1 unspecified atom stereocenters. The number of piperidine rings is 1. The number of carbonyl (C=O) groups is 2. The third-order valence-electron chi connectivity index (χ3n) is 7.41. The zero-order chi connectivity index (χ0) is 26.6. The number of hydrogen-bond donors (Lipinski definition) is 3. The molecule has 2 saturated carbocycles. The number of imidazole rings is 1. The van der Waals surface area contributed by atoms with E-state index >= 15 is 0 Å². The Morgan fingerprint density at radius 2 is 1.87 bits per heavy atom. The lowest BCUT2D eigenvalue weighted by Gasteiger charge is -2.33. The minimum absolute atomic E-state index is 0.164. The van der Waals surface area contributed by atoms with E-state index in [9.17, 15) is 23.2 Å². The topological polar surface area (TPSA) is 126 Å². The lowest BCUT2D eigenvalue weighted by atomic mass is 10.0. The third kappa shape index (κ3) is 4.45. The average molecular weight is 527 g/mol. The summed E-state index contributed by atoms with van der Waals surface area (Å²) in [5.41, 5.74) is 1.43. The first-order chi connectivity index (χ1) is 18.2. The van der Waals surface area contributed by atoms with Crippen LogP contribution in [0.25, 0.3) is 5.65 Å². The van der Waals surface area contributed by atoms with E-state index in [-0.39, 0.29) is 30.0 Å². The van der Waals surface area contributed by atoms with Crippen LogP contribution in [0.5, 0.6) is 0 Å². The van der Waals surface area contributed by atoms with E-state index in [1.165, 1.54) is 15.6 Å². The normalized spacial score (nSPS) is 20.8. The van der Waals surface area contributed by atoms with E-state index in [0.29, 0.717) is 54.5 Å². The van der Waals surface area contributed by atoms with Gasteiger partial charge in [-0.3, -0.25) is 14.4 Å². The Morgan fingerprint density at radius 1 is 1.13 bits per heavy atom. The van der Waals surface area contributed by atoms with Crippen LogP contribution in [0.1, 0.15) is 48.6 Å². The SMILES string of the molecule is CNc1cc(Nc2cccn(C3CCN(C(=O)C4CC4(F)F)CC3)c2=O)nn2c(C(=O)NC3CC3)cnc12. The predicted molar refractivity (Wildman–Crippen MR) is 135 cm³/mol. The quantitative estimate of drug-likeness (QED) is 0.432. The van der Waals surface area contributed by atoms with Crippen molar-refractivity contribution in [3.8, 4) is 0 Å². The highest BCUT2D eigenvalue weighted by Gasteiger charge is 2.62. The zero-order valence-electron chi connectivity index (χ0n) is 20.8. The van der Waals surface area contributed by atoms with Crippen LogP contribution in [0.3, 0.4) is 0 Å². The molecule has 2 amide bonds. The van der Waals surface area contributed by atoms with Crippen molar-refractivity contribution >= 4 is 34.7 Å². The third-order valence-corrected chi connectivity index (χ3v) is 7.41. The van der Waals surface area contributed by atoms with Gasteiger partial charge in [-0.2, -0.15) is 0 Å². The minimum Gasteiger partial charge on any atom is -0.385 e. The summed E-state index contributed by atoms with van der Waals surface area (Å²) in [6.07, 6.45) is 5.69. The van der Waals surface area contributed by atoms with Gasteiger partial charge >= 0.3 is 0 Å². The molecule has 3 aromatic rings. The number of likely N-dealkylation sites (tertiary alicyclic amines) is 1. The van der Waals surface area contributed by atoms with Crippen molar-refractivity contribution < 1.29 is 18.4 Å². The molecule has 6 rings (SSSR count). The molecule has 1 saturated heterocycles. The highest BCUT2D eigenvalue weighted by atomic mass is 19.3. The van der Waals surface area contributed by atoms with Gasteiger partial charge in [0.1, 0.15) is 11.6 Å². The largest absolute Gasteiger partial charge is 0.385 e. The Balaban J connectivity index is 1.21. The highest BCUT2D eigenvalue weighted by molar-refractivity contribution is 5.94. The summed E-state index contributed by atoms with van der Waals surface area (Å²) in [6, 6.07) is 5.12. The number of alkyl halides is 2. The standard InChI is InChI=1S/C25H28F2N8O3/c1-28-18-11-20(32-35-19(13-29-21(18)35)22(36)30-14-4-5-14)31-17-3-2-8-34(24(17)38)15-6-9-33(10-7-15)23(37)16-12-25(16,26)27/h2-3,8,11,13-16,28H,4-7,9-10,12H2,1H3,(H,30,36)(H,31,32). The Morgan fingerprint density at radius 3 is 2.53 bits per heavy atom. The summed E-state index contributed by atoms with van der Waals surface area (Å²) >= 11 is 0. The van der Waals surface area contributed by atoms with E-state index in [4.69, 9.17) is 0 Å². The molecule has 13 heteroatoms. The number of halogens is 2. The van der Waals surface area contributed by atoms with E-state index in [2.05, 4.69) is 26.0 Å². The van der Waals surface area contributed by atoms with Gasteiger partial charge in [-0.15, -0.1) is 5.10 Å². The van der Waals surface area contributed by atoms with Gasteiger partial charge in [-0.25, -0.2) is 18.3 Å². The number of pyridine rings is 1. The Bertz CT molecular complexity index is 1470. The van der Waals surface area contributed by atoms with Gasteiger partial charge in [0.2, 0.25) is 5.91 Å². The molecule has 1 atom stereocenters.